The third-order valence-electron chi connectivity index (χ3n) is 3.57. The summed E-state index contributed by atoms with van der Waals surface area (Å²) in [6.45, 7) is 2.36. The molecule has 4 nitrogen and oxygen atoms in total. The van der Waals surface area contributed by atoms with Crippen LogP contribution in [0.2, 0.25) is 0 Å². The van der Waals surface area contributed by atoms with Crippen LogP contribution >= 0.6 is 0 Å². The van der Waals surface area contributed by atoms with Crippen molar-refractivity contribution in [1.82, 2.24) is 9.88 Å². The Morgan fingerprint density at radius 2 is 2.29 bits per heavy atom. The highest BCUT2D eigenvalue weighted by Crippen LogP contribution is 2.22. The van der Waals surface area contributed by atoms with Crippen LogP contribution in [0.4, 0.5) is 11.4 Å². The van der Waals surface area contributed by atoms with E-state index in [-0.39, 0.29) is 0 Å². The molecule has 94 valence electrons. The fraction of sp³-hybridized carbons (Fsp3) is 0.615. The van der Waals surface area contributed by atoms with Gasteiger partial charge in [0, 0.05) is 26.7 Å². The molecule has 1 aromatic heterocycles. The maximum absolute atomic E-state index is 4.27. The average molecular weight is 234 g/mol. The molecule has 0 bridgehead atoms. The van der Waals surface area contributed by atoms with Crippen LogP contribution in [0.15, 0.2) is 18.5 Å². The van der Waals surface area contributed by atoms with Crippen LogP contribution in [0.25, 0.3) is 0 Å². The van der Waals surface area contributed by atoms with E-state index in [0.717, 1.165) is 12.2 Å². The summed E-state index contributed by atoms with van der Waals surface area (Å²) in [5.74, 6) is 0. The topological polar surface area (TPSA) is 31.4 Å². The van der Waals surface area contributed by atoms with Crippen molar-refractivity contribution < 1.29 is 0 Å². The van der Waals surface area contributed by atoms with Crippen molar-refractivity contribution in [2.45, 2.75) is 18.9 Å². The SMILES string of the molecule is CNc1cncc(N(C)C2CCCN(C)C2)c1. The molecule has 1 fully saturated rings. The van der Waals surface area contributed by atoms with E-state index in [2.05, 4.69) is 40.3 Å². The monoisotopic (exact) mass is 234 g/mol. The Bertz CT molecular complexity index is 366. The standard InChI is InChI=1S/C13H22N4/c1-14-11-7-13(9-15-8-11)17(3)12-5-4-6-16(2)10-12/h7-9,12,14H,4-6,10H2,1-3H3. The van der Waals surface area contributed by atoms with Crippen LogP contribution in [0.5, 0.6) is 0 Å². The largest absolute Gasteiger partial charge is 0.387 e. The summed E-state index contributed by atoms with van der Waals surface area (Å²) in [7, 11) is 6.29. The molecule has 1 aliphatic rings. The number of likely N-dealkylation sites (tertiary alicyclic amines) is 1. The second-order valence-corrected chi connectivity index (χ2v) is 4.85. The highest BCUT2D eigenvalue weighted by molar-refractivity contribution is 5.55. The summed E-state index contributed by atoms with van der Waals surface area (Å²) in [4.78, 5) is 9.03. The zero-order valence-electron chi connectivity index (χ0n) is 11.0. The van der Waals surface area contributed by atoms with Gasteiger partial charge in [0.15, 0.2) is 0 Å². The lowest BCUT2D eigenvalue weighted by molar-refractivity contribution is 0.248. The van der Waals surface area contributed by atoms with E-state index in [9.17, 15) is 0 Å². The van der Waals surface area contributed by atoms with Gasteiger partial charge >= 0.3 is 0 Å². The molecule has 1 unspecified atom stereocenters. The van der Waals surface area contributed by atoms with Gasteiger partial charge in [-0.25, -0.2) is 0 Å². The van der Waals surface area contributed by atoms with Gasteiger partial charge in [-0.05, 0) is 32.5 Å². The summed E-state index contributed by atoms with van der Waals surface area (Å²) >= 11 is 0. The van der Waals surface area contributed by atoms with Gasteiger partial charge < -0.3 is 15.1 Å². The van der Waals surface area contributed by atoms with Crippen LogP contribution in [0, 0.1) is 0 Å². The first kappa shape index (κ1) is 12.2. The second kappa shape index (κ2) is 5.36. The lowest BCUT2D eigenvalue weighted by atomic mass is 10.0. The molecule has 1 aromatic rings. The van der Waals surface area contributed by atoms with Gasteiger partial charge in [-0.3, -0.25) is 4.98 Å². The maximum Gasteiger partial charge on any atom is 0.0573 e. The molecule has 1 saturated heterocycles. The van der Waals surface area contributed by atoms with E-state index in [4.69, 9.17) is 0 Å². The maximum atomic E-state index is 4.27. The van der Waals surface area contributed by atoms with Crippen molar-refractivity contribution in [3.8, 4) is 0 Å². The Morgan fingerprint density at radius 3 is 3.00 bits per heavy atom. The van der Waals surface area contributed by atoms with Crippen molar-refractivity contribution in [2.75, 3.05) is 44.4 Å². The summed E-state index contributed by atoms with van der Waals surface area (Å²) in [5.41, 5.74) is 2.26. The molecule has 0 radical (unpaired) electrons. The molecule has 1 aliphatic heterocycles. The molecule has 2 rings (SSSR count). The second-order valence-electron chi connectivity index (χ2n) is 4.85. The van der Waals surface area contributed by atoms with Crippen LogP contribution in [0.1, 0.15) is 12.8 Å². The summed E-state index contributed by atoms with van der Waals surface area (Å²) in [5, 5.41) is 3.13. The number of hydrogen-bond acceptors (Lipinski definition) is 4. The van der Waals surface area contributed by atoms with E-state index in [1.807, 2.05) is 19.4 Å². The molecule has 4 heteroatoms. The first-order valence-electron chi connectivity index (χ1n) is 6.25. The zero-order chi connectivity index (χ0) is 12.3. The minimum absolute atomic E-state index is 0.600. The number of pyridine rings is 1. The number of nitrogens with zero attached hydrogens (tertiary/aromatic N) is 3. The fourth-order valence-corrected chi connectivity index (χ4v) is 2.42. The van der Waals surface area contributed by atoms with Crippen LogP contribution in [0.3, 0.4) is 0 Å². The van der Waals surface area contributed by atoms with Crippen molar-refractivity contribution in [3.63, 3.8) is 0 Å². The van der Waals surface area contributed by atoms with Gasteiger partial charge in [-0.2, -0.15) is 0 Å². The average Bonchev–Trinajstić information content (AvgIpc) is 2.38. The van der Waals surface area contributed by atoms with Crippen molar-refractivity contribution in [3.05, 3.63) is 18.5 Å². The third-order valence-corrected chi connectivity index (χ3v) is 3.57. The predicted octanol–water partition coefficient (Wildman–Crippen LogP) is 1.65. The molecule has 1 atom stereocenters. The molecule has 1 N–H and O–H groups in total. The van der Waals surface area contributed by atoms with E-state index in [0.29, 0.717) is 6.04 Å². The molecular weight excluding hydrogens is 212 g/mol. The Kier molecular flexibility index (Phi) is 3.84. The number of anilines is 2. The smallest absolute Gasteiger partial charge is 0.0573 e. The molecule has 2 heterocycles. The van der Waals surface area contributed by atoms with Crippen LogP contribution < -0.4 is 10.2 Å². The van der Waals surface area contributed by atoms with Gasteiger partial charge in [0.05, 0.1) is 23.8 Å². The van der Waals surface area contributed by atoms with Crippen molar-refractivity contribution >= 4 is 11.4 Å². The molecule has 0 saturated carbocycles. The number of piperidine rings is 1. The van der Waals surface area contributed by atoms with E-state index in [1.54, 1.807) is 0 Å². The highest BCUT2D eigenvalue weighted by atomic mass is 15.2. The lowest BCUT2D eigenvalue weighted by Crippen LogP contribution is -2.45. The summed E-state index contributed by atoms with van der Waals surface area (Å²) < 4.78 is 0. The fourth-order valence-electron chi connectivity index (χ4n) is 2.42. The first-order chi connectivity index (χ1) is 8.20. The Balaban J connectivity index is 2.09. The molecule has 17 heavy (non-hydrogen) atoms. The lowest BCUT2D eigenvalue weighted by Gasteiger charge is -2.37. The molecular formula is C13H22N4. The van der Waals surface area contributed by atoms with Gasteiger partial charge in [0.25, 0.3) is 0 Å². The number of hydrogen-bond donors (Lipinski definition) is 1. The summed E-state index contributed by atoms with van der Waals surface area (Å²) in [6.07, 6.45) is 6.34. The van der Waals surface area contributed by atoms with E-state index < -0.39 is 0 Å². The van der Waals surface area contributed by atoms with Crippen molar-refractivity contribution in [1.29, 1.82) is 0 Å². The number of likely N-dealkylation sites (N-methyl/N-ethyl adjacent to an activating group) is 2. The number of rotatable bonds is 3. The van der Waals surface area contributed by atoms with Gasteiger partial charge in [-0.1, -0.05) is 0 Å². The zero-order valence-corrected chi connectivity index (χ0v) is 11.0. The summed E-state index contributed by atoms with van der Waals surface area (Å²) in [6, 6.07) is 2.75. The normalized spacial score (nSPS) is 21.2. The highest BCUT2D eigenvalue weighted by Gasteiger charge is 2.21. The molecule has 0 spiro atoms. The van der Waals surface area contributed by atoms with Gasteiger partial charge in [0.2, 0.25) is 0 Å². The number of aromatic nitrogens is 1. The first-order valence-corrected chi connectivity index (χ1v) is 6.25. The minimum atomic E-state index is 0.600. The van der Waals surface area contributed by atoms with Crippen molar-refractivity contribution in [2.24, 2.45) is 0 Å². The predicted molar refractivity (Wildman–Crippen MR) is 72.7 cm³/mol. The van der Waals surface area contributed by atoms with Gasteiger partial charge in [-0.15, -0.1) is 0 Å². The molecule has 0 amide bonds. The minimum Gasteiger partial charge on any atom is -0.387 e. The van der Waals surface area contributed by atoms with Crippen LogP contribution in [-0.4, -0.2) is 50.2 Å². The molecule has 0 aliphatic carbocycles. The Labute approximate surface area is 104 Å². The molecule has 0 aromatic carbocycles. The van der Waals surface area contributed by atoms with E-state index in [1.165, 1.54) is 25.1 Å². The van der Waals surface area contributed by atoms with Gasteiger partial charge in [0.1, 0.15) is 0 Å². The quantitative estimate of drug-likeness (QED) is 0.862. The Morgan fingerprint density at radius 1 is 1.47 bits per heavy atom. The third kappa shape index (κ3) is 2.88. The Hall–Kier alpha value is -1.29. The van der Waals surface area contributed by atoms with Crippen LogP contribution in [-0.2, 0) is 0 Å². The van der Waals surface area contributed by atoms with E-state index >= 15 is 0 Å². The number of nitrogens with one attached hydrogen (secondary N) is 1.